The smallest absolute Gasteiger partial charge is 0.319 e. The summed E-state index contributed by atoms with van der Waals surface area (Å²) in [7, 11) is 1.46. The molecule has 0 unspecified atom stereocenters. The molecule has 0 radical (unpaired) electrons. The zero-order valence-electron chi connectivity index (χ0n) is 14.4. The quantitative estimate of drug-likeness (QED) is 0.637. The lowest BCUT2D eigenvalue weighted by Crippen LogP contribution is -2.30. The lowest BCUT2D eigenvalue weighted by atomic mass is 10.3. The molecule has 25 heavy (non-hydrogen) atoms. The van der Waals surface area contributed by atoms with E-state index in [-0.39, 0.29) is 18.5 Å². The van der Waals surface area contributed by atoms with E-state index >= 15 is 0 Å². The fraction of sp³-hybridized carbons (Fsp3) is 0.353. The second-order valence-corrected chi connectivity index (χ2v) is 5.46. The van der Waals surface area contributed by atoms with Gasteiger partial charge in [0.2, 0.25) is 5.91 Å². The lowest BCUT2D eigenvalue weighted by molar-refractivity contribution is -0.119. The van der Waals surface area contributed by atoms with Crippen LogP contribution in [-0.4, -0.2) is 41.8 Å². The van der Waals surface area contributed by atoms with E-state index in [1.807, 2.05) is 17.7 Å². The van der Waals surface area contributed by atoms with Gasteiger partial charge < -0.3 is 25.3 Å². The first-order valence-corrected chi connectivity index (χ1v) is 8.00. The van der Waals surface area contributed by atoms with Crippen molar-refractivity contribution in [1.29, 1.82) is 0 Å². The number of benzene rings is 1. The van der Waals surface area contributed by atoms with Crippen molar-refractivity contribution >= 4 is 23.3 Å². The van der Waals surface area contributed by atoms with Crippen LogP contribution in [0.25, 0.3) is 0 Å². The van der Waals surface area contributed by atoms with Crippen LogP contribution in [0.15, 0.2) is 36.7 Å². The molecule has 3 N–H and O–H groups in total. The summed E-state index contributed by atoms with van der Waals surface area (Å²) in [4.78, 5) is 27.4. The Kier molecular flexibility index (Phi) is 6.97. The van der Waals surface area contributed by atoms with E-state index in [2.05, 4.69) is 20.9 Å². The van der Waals surface area contributed by atoms with Gasteiger partial charge in [0.25, 0.3) is 0 Å². The summed E-state index contributed by atoms with van der Waals surface area (Å²) in [6.07, 6.45) is 4.49. The zero-order chi connectivity index (χ0) is 18.1. The van der Waals surface area contributed by atoms with Gasteiger partial charge in [-0.3, -0.25) is 4.79 Å². The molecule has 2 rings (SSSR count). The molecule has 0 aliphatic carbocycles. The fourth-order valence-electron chi connectivity index (χ4n) is 2.23. The number of urea groups is 1. The fourth-order valence-corrected chi connectivity index (χ4v) is 2.23. The molecule has 1 heterocycles. The minimum atomic E-state index is -0.265. The number of carbonyl (C=O) groups is 2. The summed E-state index contributed by atoms with van der Waals surface area (Å²) in [6, 6.07) is 6.60. The van der Waals surface area contributed by atoms with Crippen molar-refractivity contribution in [3.8, 4) is 0 Å². The van der Waals surface area contributed by atoms with Crippen LogP contribution in [0, 0.1) is 6.92 Å². The number of hydrogen-bond donors (Lipinski definition) is 3. The van der Waals surface area contributed by atoms with Crippen LogP contribution < -0.4 is 16.0 Å². The maximum Gasteiger partial charge on any atom is 0.319 e. The standard InChI is InChI=1S/C17H23N5O3/c1-13-18-9-11-22(13)10-3-8-19-17(24)21-15-6-4-14(5-7-15)20-16(23)12-25-2/h4-7,9,11H,3,8,10,12H2,1-2H3,(H,20,23)(H2,19,21,24). The summed E-state index contributed by atoms with van der Waals surface area (Å²) in [5, 5.41) is 8.24. The van der Waals surface area contributed by atoms with Crippen LogP contribution in [0.2, 0.25) is 0 Å². The Morgan fingerprint density at radius 3 is 2.44 bits per heavy atom. The molecule has 1 aromatic heterocycles. The number of anilines is 2. The summed E-state index contributed by atoms with van der Waals surface area (Å²) < 4.78 is 6.78. The molecular formula is C17H23N5O3. The molecule has 0 saturated carbocycles. The second-order valence-electron chi connectivity index (χ2n) is 5.46. The highest BCUT2D eigenvalue weighted by molar-refractivity contribution is 5.93. The van der Waals surface area contributed by atoms with Crippen LogP contribution >= 0.6 is 0 Å². The maximum absolute atomic E-state index is 11.9. The Bertz CT molecular complexity index is 697. The summed E-state index contributed by atoms with van der Waals surface area (Å²) in [5.74, 6) is 0.733. The molecule has 3 amide bonds. The first kappa shape index (κ1) is 18.5. The predicted molar refractivity (Wildman–Crippen MR) is 95.6 cm³/mol. The number of aryl methyl sites for hydroxylation is 2. The number of imidazole rings is 1. The van der Waals surface area contributed by atoms with Gasteiger partial charge >= 0.3 is 6.03 Å². The van der Waals surface area contributed by atoms with Gasteiger partial charge in [0.05, 0.1) is 0 Å². The third-order valence-corrected chi connectivity index (χ3v) is 3.49. The highest BCUT2D eigenvalue weighted by atomic mass is 16.5. The normalized spacial score (nSPS) is 10.3. The Morgan fingerprint density at radius 2 is 1.84 bits per heavy atom. The largest absolute Gasteiger partial charge is 0.375 e. The van der Waals surface area contributed by atoms with E-state index in [0.29, 0.717) is 17.9 Å². The van der Waals surface area contributed by atoms with Crippen molar-refractivity contribution in [2.45, 2.75) is 19.9 Å². The molecule has 0 bridgehead atoms. The predicted octanol–water partition coefficient (Wildman–Crippen LogP) is 1.99. The van der Waals surface area contributed by atoms with Crippen molar-refractivity contribution in [2.24, 2.45) is 0 Å². The third-order valence-electron chi connectivity index (χ3n) is 3.49. The van der Waals surface area contributed by atoms with Crippen LogP contribution in [0.3, 0.4) is 0 Å². The third kappa shape index (κ3) is 6.27. The number of amides is 3. The van der Waals surface area contributed by atoms with Gasteiger partial charge in [-0.1, -0.05) is 0 Å². The van der Waals surface area contributed by atoms with E-state index in [1.54, 1.807) is 30.5 Å². The van der Waals surface area contributed by atoms with Gasteiger partial charge in [-0.25, -0.2) is 9.78 Å². The first-order chi connectivity index (χ1) is 12.1. The molecule has 8 nitrogen and oxygen atoms in total. The van der Waals surface area contributed by atoms with E-state index in [4.69, 9.17) is 4.74 Å². The molecule has 0 spiro atoms. The van der Waals surface area contributed by atoms with E-state index < -0.39 is 0 Å². The van der Waals surface area contributed by atoms with Gasteiger partial charge in [-0.2, -0.15) is 0 Å². The Labute approximate surface area is 146 Å². The topological polar surface area (TPSA) is 97.3 Å². The number of methoxy groups -OCH3 is 1. The number of ether oxygens (including phenoxy) is 1. The summed E-state index contributed by atoms with van der Waals surface area (Å²) >= 11 is 0. The number of aromatic nitrogens is 2. The van der Waals surface area contributed by atoms with Crippen molar-refractivity contribution < 1.29 is 14.3 Å². The van der Waals surface area contributed by atoms with E-state index in [9.17, 15) is 9.59 Å². The lowest BCUT2D eigenvalue weighted by Gasteiger charge is -2.09. The molecule has 8 heteroatoms. The monoisotopic (exact) mass is 345 g/mol. The zero-order valence-corrected chi connectivity index (χ0v) is 14.4. The second kappa shape index (κ2) is 9.43. The molecule has 0 aliphatic heterocycles. The Morgan fingerprint density at radius 1 is 1.16 bits per heavy atom. The van der Waals surface area contributed by atoms with Gasteiger partial charge in [-0.05, 0) is 37.6 Å². The average Bonchev–Trinajstić information content (AvgIpc) is 2.99. The minimum absolute atomic E-state index is 0.000998. The molecule has 0 aliphatic rings. The van der Waals surface area contributed by atoms with Crippen molar-refractivity contribution in [2.75, 3.05) is 30.9 Å². The molecule has 0 fully saturated rings. The molecule has 0 atom stereocenters. The molecule has 134 valence electrons. The van der Waals surface area contributed by atoms with Crippen LogP contribution in [0.4, 0.5) is 16.2 Å². The van der Waals surface area contributed by atoms with E-state index in [0.717, 1.165) is 18.8 Å². The van der Waals surface area contributed by atoms with Crippen molar-refractivity contribution in [3.63, 3.8) is 0 Å². The Balaban J connectivity index is 1.69. The SMILES string of the molecule is COCC(=O)Nc1ccc(NC(=O)NCCCn2ccnc2C)cc1. The first-order valence-electron chi connectivity index (χ1n) is 8.00. The van der Waals surface area contributed by atoms with E-state index in [1.165, 1.54) is 7.11 Å². The maximum atomic E-state index is 11.9. The van der Waals surface area contributed by atoms with Gasteiger partial charge in [0.1, 0.15) is 12.4 Å². The van der Waals surface area contributed by atoms with Gasteiger partial charge in [0, 0.05) is 44.0 Å². The van der Waals surface area contributed by atoms with Crippen LogP contribution in [0.5, 0.6) is 0 Å². The minimum Gasteiger partial charge on any atom is -0.375 e. The van der Waals surface area contributed by atoms with Crippen LogP contribution in [-0.2, 0) is 16.1 Å². The van der Waals surface area contributed by atoms with Gasteiger partial charge in [0.15, 0.2) is 0 Å². The average molecular weight is 345 g/mol. The van der Waals surface area contributed by atoms with Crippen molar-refractivity contribution in [3.05, 3.63) is 42.5 Å². The van der Waals surface area contributed by atoms with Gasteiger partial charge in [-0.15, -0.1) is 0 Å². The molecule has 2 aromatic rings. The highest BCUT2D eigenvalue weighted by Gasteiger charge is 2.04. The summed E-state index contributed by atoms with van der Waals surface area (Å²) in [6.45, 7) is 3.32. The number of nitrogens with zero attached hydrogens (tertiary/aromatic N) is 2. The molecule has 1 aromatic carbocycles. The number of rotatable bonds is 8. The summed E-state index contributed by atoms with van der Waals surface area (Å²) in [5.41, 5.74) is 1.29. The Hall–Kier alpha value is -2.87. The highest BCUT2D eigenvalue weighted by Crippen LogP contribution is 2.13. The number of hydrogen-bond acceptors (Lipinski definition) is 4. The molecular weight excluding hydrogens is 322 g/mol. The number of nitrogens with one attached hydrogen (secondary N) is 3. The van der Waals surface area contributed by atoms with Crippen molar-refractivity contribution in [1.82, 2.24) is 14.9 Å². The molecule has 0 saturated heterocycles. The number of carbonyl (C=O) groups excluding carboxylic acids is 2. The van der Waals surface area contributed by atoms with Crippen LogP contribution in [0.1, 0.15) is 12.2 Å².